The first kappa shape index (κ1) is 65.6. The number of hydrogen-bond donors (Lipinski definition) is 0. The Balaban J connectivity index is 1.64. The van der Waals surface area contributed by atoms with E-state index in [1.165, 1.54) is 163 Å². The summed E-state index contributed by atoms with van der Waals surface area (Å²) in [4.78, 5) is 0. The second-order valence-corrected chi connectivity index (χ2v) is 23.4. The Bertz CT molecular complexity index is 2980. The van der Waals surface area contributed by atoms with Crippen LogP contribution in [0, 0.1) is 59.2 Å². The molecule has 0 aliphatic rings. The van der Waals surface area contributed by atoms with Crippen LogP contribution < -0.4 is 4.74 Å². The second kappa shape index (κ2) is 39.8. The van der Waals surface area contributed by atoms with E-state index >= 15 is 0 Å². The molecule has 0 amide bonds. The van der Waals surface area contributed by atoms with Gasteiger partial charge in [0.25, 0.3) is 0 Å². The zero-order chi connectivity index (χ0) is 58.4. The first-order valence-electron chi connectivity index (χ1n) is 32.4. The molecule has 0 fully saturated rings. The highest BCUT2D eigenvalue weighted by atomic mass is 79.9. The molecule has 6 rings (SSSR count). The van der Waals surface area contributed by atoms with Crippen molar-refractivity contribution in [3.8, 4) is 65.0 Å². The zero-order valence-electron chi connectivity index (χ0n) is 51.5. The topological polar surface area (TPSA) is 9.23 Å². The zero-order valence-corrected chi connectivity index (χ0v) is 53.1. The molecule has 432 valence electrons. The van der Waals surface area contributed by atoms with Crippen LogP contribution in [0.5, 0.6) is 5.75 Å². The van der Waals surface area contributed by atoms with Gasteiger partial charge in [-0.2, -0.15) is 0 Å². The standard InChI is InChI=1S/C81H95BrO/c1-6-11-22-29-66-34-44-71(45-35-66)54-59-76-77(60-55-72-46-36-67(37-47-72)30-23-12-7-2)79(62-57-74-50-40-69(41-51-74)32-25-14-9-4)81(83-65-28-21-19-17-16-18-20-27-64-82)80(63-58-75-52-42-70(43-53-75)33-26-15-10-5)78(76)61-56-73-48-38-68(39-49-73)31-24-13-8-3/h34-53H,6-33,64-65H2,1-5H3. The number of halogens is 1. The predicted octanol–water partition coefficient (Wildman–Crippen LogP) is 21.2. The van der Waals surface area contributed by atoms with E-state index in [2.05, 4.69) is 231 Å². The minimum absolute atomic E-state index is 0.514. The molecule has 6 aromatic carbocycles. The van der Waals surface area contributed by atoms with Crippen molar-refractivity contribution in [1.82, 2.24) is 0 Å². The molecule has 0 unspecified atom stereocenters. The van der Waals surface area contributed by atoms with E-state index in [4.69, 9.17) is 4.74 Å². The van der Waals surface area contributed by atoms with E-state index < -0.39 is 0 Å². The molecule has 0 aliphatic heterocycles. The van der Waals surface area contributed by atoms with Gasteiger partial charge in [-0.05, 0) is 166 Å². The number of unbranched alkanes of at least 4 members (excludes halogenated alkanes) is 17. The second-order valence-electron chi connectivity index (χ2n) is 22.6. The summed E-state index contributed by atoms with van der Waals surface area (Å²) in [6, 6.07) is 44.0. The van der Waals surface area contributed by atoms with Crippen molar-refractivity contribution in [2.24, 2.45) is 0 Å². The van der Waals surface area contributed by atoms with Crippen molar-refractivity contribution in [1.29, 1.82) is 0 Å². The third-order valence-electron chi connectivity index (χ3n) is 15.5. The number of hydrogen-bond acceptors (Lipinski definition) is 1. The molecule has 0 radical (unpaired) electrons. The molecule has 0 atom stereocenters. The van der Waals surface area contributed by atoms with E-state index in [0.717, 1.165) is 78.1 Å². The monoisotopic (exact) mass is 1160 g/mol. The summed E-state index contributed by atoms with van der Waals surface area (Å²) < 4.78 is 7.24. The fraction of sp³-hybridized carbons (Fsp3) is 0.432. The van der Waals surface area contributed by atoms with Crippen molar-refractivity contribution < 1.29 is 4.74 Å². The van der Waals surface area contributed by atoms with Crippen LogP contribution in [0.25, 0.3) is 0 Å². The van der Waals surface area contributed by atoms with Crippen molar-refractivity contribution >= 4 is 15.9 Å². The first-order valence-corrected chi connectivity index (χ1v) is 33.5. The van der Waals surface area contributed by atoms with Crippen molar-refractivity contribution in [3.05, 3.63) is 205 Å². The molecule has 0 saturated heterocycles. The number of benzene rings is 6. The lowest BCUT2D eigenvalue weighted by Gasteiger charge is -2.17. The highest BCUT2D eigenvalue weighted by Gasteiger charge is 2.23. The summed E-state index contributed by atoms with van der Waals surface area (Å²) in [6.07, 6.45) is 32.9. The SMILES string of the molecule is CCCCCc1ccc(C#Cc2c(C#Cc3ccc(CCCCC)cc3)c(C#Cc3ccc(CCCCC)cc3)c(OCCCCCCCCCCBr)c(C#Cc3ccc(CCCCC)cc3)c2C#Cc2ccc(CCCCC)cc2)cc1. The van der Waals surface area contributed by atoms with Gasteiger partial charge in [0.05, 0.1) is 34.4 Å². The Hall–Kier alpha value is -6.60. The number of alkyl halides is 1. The highest BCUT2D eigenvalue weighted by Crippen LogP contribution is 2.35. The molecule has 83 heavy (non-hydrogen) atoms. The van der Waals surface area contributed by atoms with Crippen LogP contribution in [-0.2, 0) is 32.1 Å². The Kier molecular flexibility index (Phi) is 31.4. The van der Waals surface area contributed by atoms with Crippen LogP contribution in [0.1, 0.15) is 266 Å². The van der Waals surface area contributed by atoms with Crippen LogP contribution in [0.4, 0.5) is 0 Å². The summed E-state index contributed by atoms with van der Waals surface area (Å²) in [7, 11) is 0. The lowest BCUT2D eigenvalue weighted by molar-refractivity contribution is 0.302. The fourth-order valence-corrected chi connectivity index (χ4v) is 10.7. The Morgan fingerprint density at radius 2 is 0.482 bits per heavy atom. The van der Waals surface area contributed by atoms with Crippen molar-refractivity contribution in [3.63, 3.8) is 0 Å². The summed E-state index contributed by atoms with van der Waals surface area (Å²) in [5, 5.41) is 1.08. The summed E-state index contributed by atoms with van der Waals surface area (Å²) in [6.45, 7) is 11.8. The Morgan fingerprint density at radius 1 is 0.253 bits per heavy atom. The molecule has 0 saturated carbocycles. The average Bonchev–Trinajstić information content (AvgIpc) is 3.63. The molecule has 0 aliphatic carbocycles. The van der Waals surface area contributed by atoms with Gasteiger partial charge in [0.15, 0.2) is 5.75 Å². The van der Waals surface area contributed by atoms with Crippen LogP contribution in [0.2, 0.25) is 0 Å². The van der Waals surface area contributed by atoms with Crippen LogP contribution in [0.15, 0.2) is 121 Å². The van der Waals surface area contributed by atoms with Crippen LogP contribution in [0.3, 0.4) is 0 Å². The number of rotatable bonds is 31. The molecule has 6 aromatic rings. The third kappa shape index (κ3) is 24.3. The molecule has 0 heterocycles. The van der Waals surface area contributed by atoms with Gasteiger partial charge in [-0.1, -0.05) is 273 Å². The van der Waals surface area contributed by atoms with Gasteiger partial charge in [0.2, 0.25) is 0 Å². The molecular formula is C81H95BrO. The van der Waals surface area contributed by atoms with Gasteiger partial charge >= 0.3 is 0 Å². The smallest absolute Gasteiger partial charge is 0.153 e. The first-order chi connectivity index (χ1) is 40.9. The van der Waals surface area contributed by atoms with E-state index in [1.807, 2.05) is 0 Å². The summed E-state index contributed by atoms with van der Waals surface area (Å²) in [5.41, 5.74) is 14.9. The fourth-order valence-electron chi connectivity index (χ4n) is 10.3. The molecule has 0 bridgehead atoms. The molecule has 2 heteroatoms. The quantitative estimate of drug-likeness (QED) is 0.0239. The number of aryl methyl sites for hydroxylation is 5. The molecular weight excluding hydrogens is 1070 g/mol. The minimum Gasteiger partial charge on any atom is -0.491 e. The molecule has 0 spiro atoms. The third-order valence-corrected chi connectivity index (χ3v) is 16.1. The van der Waals surface area contributed by atoms with Gasteiger partial charge in [0, 0.05) is 33.1 Å². The largest absolute Gasteiger partial charge is 0.491 e. The van der Waals surface area contributed by atoms with Gasteiger partial charge in [-0.3, -0.25) is 0 Å². The predicted molar refractivity (Wildman–Crippen MR) is 361 cm³/mol. The van der Waals surface area contributed by atoms with Crippen molar-refractivity contribution in [2.75, 3.05) is 11.9 Å². The highest BCUT2D eigenvalue weighted by molar-refractivity contribution is 9.09. The van der Waals surface area contributed by atoms with Crippen LogP contribution in [-0.4, -0.2) is 11.9 Å². The van der Waals surface area contributed by atoms with E-state index in [9.17, 15) is 0 Å². The van der Waals surface area contributed by atoms with Gasteiger partial charge in [-0.25, -0.2) is 0 Å². The van der Waals surface area contributed by atoms with Crippen molar-refractivity contribution in [2.45, 2.75) is 214 Å². The summed E-state index contributed by atoms with van der Waals surface area (Å²) >= 11 is 3.61. The maximum atomic E-state index is 7.24. The minimum atomic E-state index is 0.514. The Morgan fingerprint density at radius 3 is 0.735 bits per heavy atom. The molecule has 1 nitrogen and oxygen atoms in total. The van der Waals surface area contributed by atoms with E-state index in [-0.39, 0.29) is 0 Å². The molecule has 0 N–H and O–H groups in total. The lowest BCUT2D eigenvalue weighted by atomic mass is 9.89. The summed E-state index contributed by atoms with van der Waals surface area (Å²) in [5.74, 6) is 37.5. The average molecular weight is 1160 g/mol. The van der Waals surface area contributed by atoms with Crippen LogP contribution >= 0.6 is 15.9 Å². The maximum absolute atomic E-state index is 7.24. The normalized spacial score (nSPS) is 10.5. The maximum Gasteiger partial charge on any atom is 0.153 e. The van der Waals surface area contributed by atoms with E-state index in [1.54, 1.807) is 0 Å². The van der Waals surface area contributed by atoms with Gasteiger partial charge < -0.3 is 4.74 Å². The molecule has 0 aromatic heterocycles. The van der Waals surface area contributed by atoms with E-state index in [0.29, 0.717) is 40.2 Å². The van der Waals surface area contributed by atoms with Gasteiger partial charge in [0.1, 0.15) is 0 Å². The number of ether oxygens (including phenoxy) is 1. The lowest BCUT2D eigenvalue weighted by Crippen LogP contribution is -2.08. The van der Waals surface area contributed by atoms with Gasteiger partial charge in [-0.15, -0.1) is 0 Å². The Labute approximate surface area is 513 Å².